The van der Waals surface area contributed by atoms with Gasteiger partial charge in [-0.3, -0.25) is 0 Å². The Labute approximate surface area is 77.2 Å². The van der Waals surface area contributed by atoms with Crippen molar-refractivity contribution in [2.45, 2.75) is 52.2 Å². The van der Waals surface area contributed by atoms with Gasteiger partial charge in [0.15, 0.2) is 0 Å². The van der Waals surface area contributed by atoms with Crippen molar-refractivity contribution in [3.63, 3.8) is 0 Å². The molecule has 0 radical (unpaired) electrons. The molecule has 0 rings (SSSR count). The van der Waals surface area contributed by atoms with Crippen LogP contribution in [-0.2, 0) is 0 Å². The first-order valence-corrected chi connectivity index (χ1v) is 5.31. The SMILES string of the molecule is CCC(C)C(CC)CC(C)S. The zero-order valence-corrected chi connectivity index (χ0v) is 9.20. The van der Waals surface area contributed by atoms with Gasteiger partial charge in [0.25, 0.3) is 0 Å². The van der Waals surface area contributed by atoms with Gasteiger partial charge >= 0.3 is 0 Å². The van der Waals surface area contributed by atoms with E-state index in [1.165, 1.54) is 19.3 Å². The van der Waals surface area contributed by atoms with Crippen LogP contribution >= 0.6 is 12.6 Å². The van der Waals surface area contributed by atoms with Gasteiger partial charge in [-0.25, -0.2) is 0 Å². The molecule has 0 saturated heterocycles. The minimum absolute atomic E-state index is 0.564. The molecule has 0 aromatic carbocycles. The van der Waals surface area contributed by atoms with Crippen molar-refractivity contribution in [2.24, 2.45) is 11.8 Å². The second-order valence-electron chi connectivity index (χ2n) is 3.64. The summed E-state index contributed by atoms with van der Waals surface area (Å²) in [7, 11) is 0. The first kappa shape index (κ1) is 11.4. The van der Waals surface area contributed by atoms with E-state index in [0.29, 0.717) is 5.25 Å². The molecule has 0 N–H and O–H groups in total. The monoisotopic (exact) mass is 174 g/mol. The van der Waals surface area contributed by atoms with Gasteiger partial charge in [-0.2, -0.15) is 12.6 Å². The molecule has 0 aromatic rings. The average Bonchev–Trinajstić information content (AvgIpc) is 1.98. The summed E-state index contributed by atoms with van der Waals surface area (Å²) in [5.74, 6) is 1.75. The third kappa shape index (κ3) is 4.73. The molecule has 0 spiro atoms. The van der Waals surface area contributed by atoms with Crippen LogP contribution in [0.15, 0.2) is 0 Å². The fourth-order valence-corrected chi connectivity index (χ4v) is 1.84. The predicted molar refractivity (Wildman–Crippen MR) is 56.3 cm³/mol. The van der Waals surface area contributed by atoms with Crippen molar-refractivity contribution < 1.29 is 0 Å². The first-order chi connectivity index (χ1) is 5.11. The highest BCUT2D eigenvalue weighted by molar-refractivity contribution is 7.80. The molecule has 0 aliphatic carbocycles. The third-order valence-corrected chi connectivity index (χ3v) is 2.83. The molecule has 0 fully saturated rings. The Kier molecular flexibility index (Phi) is 6.12. The molecule has 0 nitrogen and oxygen atoms in total. The number of hydrogen-bond donors (Lipinski definition) is 1. The minimum atomic E-state index is 0.564. The standard InChI is InChI=1S/C10H22S/c1-5-8(3)10(6-2)7-9(4)11/h8-11H,5-7H2,1-4H3. The molecule has 3 unspecified atom stereocenters. The second-order valence-corrected chi connectivity index (χ2v) is 4.52. The van der Waals surface area contributed by atoms with Crippen LogP contribution in [0.3, 0.4) is 0 Å². The molecule has 1 heteroatoms. The van der Waals surface area contributed by atoms with E-state index >= 15 is 0 Å². The molecule has 0 aromatic heterocycles. The van der Waals surface area contributed by atoms with Crippen molar-refractivity contribution in [2.75, 3.05) is 0 Å². The molecule has 0 amide bonds. The van der Waals surface area contributed by atoms with E-state index in [9.17, 15) is 0 Å². The lowest BCUT2D eigenvalue weighted by Crippen LogP contribution is -2.13. The van der Waals surface area contributed by atoms with E-state index in [0.717, 1.165) is 11.8 Å². The highest BCUT2D eigenvalue weighted by atomic mass is 32.1. The summed E-state index contributed by atoms with van der Waals surface area (Å²) in [6.07, 6.45) is 3.88. The van der Waals surface area contributed by atoms with Crippen LogP contribution in [0.2, 0.25) is 0 Å². The van der Waals surface area contributed by atoms with Gasteiger partial charge in [-0.15, -0.1) is 0 Å². The largest absolute Gasteiger partial charge is 0.176 e. The van der Waals surface area contributed by atoms with E-state index in [1.807, 2.05) is 0 Å². The molecule has 0 aliphatic heterocycles. The molecule has 3 atom stereocenters. The Morgan fingerprint density at radius 3 is 1.91 bits per heavy atom. The van der Waals surface area contributed by atoms with Gasteiger partial charge in [0.05, 0.1) is 0 Å². The van der Waals surface area contributed by atoms with E-state index in [-0.39, 0.29) is 0 Å². The topological polar surface area (TPSA) is 0 Å². The van der Waals surface area contributed by atoms with Crippen molar-refractivity contribution in [3.8, 4) is 0 Å². The van der Waals surface area contributed by atoms with E-state index in [2.05, 4.69) is 40.3 Å². The quantitative estimate of drug-likeness (QED) is 0.603. The van der Waals surface area contributed by atoms with Gasteiger partial charge in [0.2, 0.25) is 0 Å². The lowest BCUT2D eigenvalue weighted by atomic mass is 9.86. The summed E-state index contributed by atoms with van der Waals surface area (Å²) in [4.78, 5) is 0. The van der Waals surface area contributed by atoms with Crippen LogP contribution in [0, 0.1) is 11.8 Å². The fourth-order valence-electron chi connectivity index (χ4n) is 1.57. The molecule has 0 heterocycles. The molecule has 11 heavy (non-hydrogen) atoms. The molecule has 0 saturated carbocycles. The van der Waals surface area contributed by atoms with Crippen molar-refractivity contribution in [1.82, 2.24) is 0 Å². The molecule has 0 bridgehead atoms. The number of rotatable bonds is 5. The Balaban J connectivity index is 3.74. The lowest BCUT2D eigenvalue weighted by molar-refractivity contribution is 0.318. The highest BCUT2D eigenvalue weighted by Gasteiger charge is 2.14. The van der Waals surface area contributed by atoms with Gasteiger partial charge < -0.3 is 0 Å². The minimum Gasteiger partial charge on any atom is -0.176 e. The van der Waals surface area contributed by atoms with Gasteiger partial charge in [-0.1, -0.05) is 40.5 Å². The van der Waals surface area contributed by atoms with E-state index in [1.54, 1.807) is 0 Å². The first-order valence-electron chi connectivity index (χ1n) is 4.79. The van der Waals surface area contributed by atoms with Gasteiger partial charge in [0, 0.05) is 0 Å². The molecule has 68 valence electrons. The van der Waals surface area contributed by atoms with Crippen LogP contribution in [0.5, 0.6) is 0 Å². The van der Waals surface area contributed by atoms with E-state index in [4.69, 9.17) is 0 Å². The van der Waals surface area contributed by atoms with Crippen molar-refractivity contribution in [1.29, 1.82) is 0 Å². The van der Waals surface area contributed by atoms with Crippen LogP contribution < -0.4 is 0 Å². The van der Waals surface area contributed by atoms with Gasteiger partial charge in [-0.05, 0) is 23.5 Å². The Bertz CT molecular complexity index is 88.9. The highest BCUT2D eigenvalue weighted by Crippen LogP contribution is 2.24. The van der Waals surface area contributed by atoms with Crippen LogP contribution in [-0.4, -0.2) is 5.25 Å². The Morgan fingerprint density at radius 1 is 1.09 bits per heavy atom. The van der Waals surface area contributed by atoms with E-state index < -0.39 is 0 Å². The van der Waals surface area contributed by atoms with Crippen molar-refractivity contribution >= 4 is 12.6 Å². The maximum atomic E-state index is 4.42. The average molecular weight is 174 g/mol. The summed E-state index contributed by atoms with van der Waals surface area (Å²) >= 11 is 4.42. The lowest BCUT2D eigenvalue weighted by Gasteiger charge is -2.22. The summed E-state index contributed by atoms with van der Waals surface area (Å²) in [6.45, 7) is 9.10. The number of hydrogen-bond acceptors (Lipinski definition) is 1. The molecular formula is C10H22S. The predicted octanol–water partition coefficient (Wildman–Crippen LogP) is 3.77. The third-order valence-electron chi connectivity index (χ3n) is 2.62. The zero-order valence-electron chi connectivity index (χ0n) is 8.30. The van der Waals surface area contributed by atoms with Crippen molar-refractivity contribution in [3.05, 3.63) is 0 Å². The fraction of sp³-hybridized carbons (Fsp3) is 1.00. The number of thiol groups is 1. The Hall–Kier alpha value is 0.350. The molecule has 0 aliphatic rings. The second kappa shape index (κ2) is 5.93. The van der Waals surface area contributed by atoms with Gasteiger partial charge in [0.1, 0.15) is 0 Å². The summed E-state index contributed by atoms with van der Waals surface area (Å²) in [6, 6.07) is 0. The normalized spacial score (nSPS) is 19.4. The summed E-state index contributed by atoms with van der Waals surface area (Å²) in [5, 5.41) is 0.564. The zero-order chi connectivity index (χ0) is 8.85. The summed E-state index contributed by atoms with van der Waals surface area (Å²) in [5.41, 5.74) is 0. The van der Waals surface area contributed by atoms with Crippen LogP contribution in [0.25, 0.3) is 0 Å². The van der Waals surface area contributed by atoms with Crippen LogP contribution in [0.1, 0.15) is 47.0 Å². The maximum absolute atomic E-state index is 4.42. The van der Waals surface area contributed by atoms with Crippen LogP contribution in [0.4, 0.5) is 0 Å². The summed E-state index contributed by atoms with van der Waals surface area (Å²) < 4.78 is 0. The Morgan fingerprint density at radius 2 is 1.64 bits per heavy atom. The maximum Gasteiger partial charge on any atom is -0.000885 e. The smallest absolute Gasteiger partial charge is 0.000885 e. The molecular weight excluding hydrogens is 152 g/mol.